The maximum Gasteiger partial charge on any atom is 0.271 e. The van der Waals surface area contributed by atoms with Crippen molar-refractivity contribution in [3.63, 3.8) is 0 Å². The Kier molecular flexibility index (Phi) is 8.43. The van der Waals surface area contributed by atoms with Gasteiger partial charge in [-0.3, -0.25) is 9.69 Å². The molecular formula is C38H34N2O2S. The Bertz CT molecular complexity index is 1820. The van der Waals surface area contributed by atoms with Gasteiger partial charge in [0.05, 0.1) is 16.3 Å². The number of anilines is 1. The normalized spacial score (nSPS) is 15.1. The second kappa shape index (κ2) is 12.7. The van der Waals surface area contributed by atoms with Crippen LogP contribution in [0.5, 0.6) is 5.75 Å². The molecule has 0 saturated carbocycles. The van der Waals surface area contributed by atoms with Gasteiger partial charge in [-0.25, -0.2) is 4.99 Å². The van der Waals surface area contributed by atoms with Gasteiger partial charge in [0.15, 0.2) is 5.17 Å². The fourth-order valence-electron chi connectivity index (χ4n) is 5.10. The Morgan fingerprint density at radius 1 is 0.767 bits per heavy atom. The van der Waals surface area contributed by atoms with Crippen LogP contribution in [0.4, 0.5) is 11.4 Å². The number of amidine groups is 1. The fourth-order valence-corrected chi connectivity index (χ4v) is 6.08. The number of benzene rings is 5. The second-order valence-electron chi connectivity index (χ2n) is 10.7. The zero-order chi connectivity index (χ0) is 29.8. The van der Waals surface area contributed by atoms with Crippen LogP contribution in [-0.2, 0) is 24.2 Å². The third kappa shape index (κ3) is 6.27. The molecule has 1 saturated heterocycles. The van der Waals surface area contributed by atoms with Crippen molar-refractivity contribution in [3.05, 3.63) is 142 Å². The van der Waals surface area contributed by atoms with Gasteiger partial charge in [-0.2, -0.15) is 0 Å². The van der Waals surface area contributed by atoms with Crippen molar-refractivity contribution in [2.24, 2.45) is 4.99 Å². The quantitative estimate of drug-likeness (QED) is 0.171. The van der Waals surface area contributed by atoms with E-state index in [9.17, 15) is 4.79 Å². The van der Waals surface area contributed by atoms with Crippen LogP contribution in [0, 0.1) is 6.92 Å². The van der Waals surface area contributed by atoms with Crippen LogP contribution < -0.4 is 9.64 Å². The zero-order valence-electron chi connectivity index (χ0n) is 24.7. The largest absolute Gasteiger partial charge is 0.488 e. The second-order valence-corrected chi connectivity index (χ2v) is 11.7. The predicted molar refractivity (Wildman–Crippen MR) is 181 cm³/mol. The molecular weight excluding hydrogens is 548 g/mol. The lowest BCUT2D eigenvalue weighted by Gasteiger charge is -2.16. The lowest BCUT2D eigenvalue weighted by molar-refractivity contribution is -0.113. The first kappa shape index (κ1) is 28.5. The van der Waals surface area contributed by atoms with E-state index < -0.39 is 0 Å². The molecule has 1 amide bonds. The van der Waals surface area contributed by atoms with Crippen LogP contribution in [0.3, 0.4) is 0 Å². The molecule has 0 atom stereocenters. The van der Waals surface area contributed by atoms with E-state index in [1.54, 1.807) is 4.90 Å². The average Bonchev–Trinajstić information content (AvgIpc) is 3.35. The molecule has 0 spiro atoms. The lowest BCUT2D eigenvalue weighted by Crippen LogP contribution is -2.28. The van der Waals surface area contributed by atoms with Gasteiger partial charge in [0, 0.05) is 5.56 Å². The maximum atomic E-state index is 14.1. The topological polar surface area (TPSA) is 41.9 Å². The Hall–Kier alpha value is -4.61. The van der Waals surface area contributed by atoms with Crippen molar-refractivity contribution in [2.45, 2.75) is 40.2 Å². The lowest BCUT2D eigenvalue weighted by atomic mass is 10.0. The average molecular weight is 583 g/mol. The number of rotatable bonds is 8. The first-order chi connectivity index (χ1) is 21.0. The predicted octanol–water partition coefficient (Wildman–Crippen LogP) is 9.66. The summed E-state index contributed by atoms with van der Waals surface area (Å²) in [6.45, 7) is 6.78. The van der Waals surface area contributed by atoms with Crippen molar-refractivity contribution in [1.29, 1.82) is 0 Å². The van der Waals surface area contributed by atoms with E-state index in [2.05, 4.69) is 87.5 Å². The number of nitrogens with zero attached hydrogens (tertiary/aromatic N) is 2. The summed E-state index contributed by atoms with van der Waals surface area (Å²) in [6.07, 6.45) is 3.87. The first-order valence-electron chi connectivity index (χ1n) is 14.7. The Morgan fingerprint density at radius 3 is 2.12 bits per heavy atom. The monoisotopic (exact) mass is 582 g/mol. The number of aliphatic imine (C=N–C) groups is 1. The van der Waals surface area contributed by atoms with Crippen molar-refractivity contribution in [3.8, 4) is 5.75 Å². The highest BCUT2D eigenvalue weighted by Gasteiger charge is 2.35. The molecule has 1 fully saturated rings. The molecule has 4 nitrogen and oxygen atoms in total. The summed E-state index contributed by atoms with van der Waals surface area (Å²) in [6, 6.07) is 37.0. The molecule has 5 aromatic carbocycles. The molecule has 0 bridgehead atoms. The molecule has 5 heteroatoms. The SMILES string of the molecule is CCc1ccc(N=C2S/C(=C\c3c(OCc4ccc(C)cc4)ccc4ccccc34)C(=O)N2c2ccc(CC)cc2)cc1. The summed E-state index contributed by atoms with van der Waals surface area (Å²) < 4.78 is 6.39. The van der Waals surface area contributed by atoms with Crippen LogP contribution in [0.25, 0.3) is 16.8 Å². The van der Waals surface area contributed by atoms with E-state index in [1.165, 1.54) is 28.5 Å². The van der Waals surface area contributed by atoms with Crippen LogP contribution in [-0.4, -0.2) is 11.1 Å². The third-order valence-electron chi connectivity index (χ3n) is 7.70. The molecule has 1 aliphatic rings. The Labute approximate surface area is 257 Å². The number of amides is 1. The summed E-state index contributed by atoms with van der Waals surface area (Å²) in [5, 5.41) is 2.75. The smallest absolute Gasteiger partial charge is 0.271 e. The number of ether oxygens (including phenoxy) is 1. The van der Waals surface area contributed by atoms with Crippen molar-refractivity contribution >= 4 is 51.1 Å². The van der Waals surface area contributed by atoms with Gasteiger partial charge in [-0.05, 0) is 95.4 Å². The molecule has 43 heavy (non-hydrogen) atoms. The molecule has 0 aliphatic carbocycles. The van der Waals surface area contributed by atoms with Crippen LogP contribution in [0.15, 0.2) is 119 Å². The molecule has 1 heterocycles. The molecule has 0 N–H and O–H groups in total. The third-order valence-corrected chi connectivity index (χ3v) is 8.67. The number of carbonyl (C=O) groups excluding carboxylic acids is 1. The number of hydrogen-bond acceptors (Lipinski definition) is 4. The van der Waals surface area contributed by atoms with E-state index >= 15 is 0 Å². The van der Waals surface area contributed by atoms with Gasteiger partial charge in [0.1, 0.15) is 12.4 Å². The minimum atomic E-state index is -0.101. The van der Waals surface area contributed by atoms with Gasteiger partial charge >= 0.3 is 0 Å². The van der Waals surface area contributed by atoms with Crippen LogP contribution >= 0.6 is 11.8 Å². The standard InChI is InChI=1S/C38H34N2O2S/c1-4-27-14-19-31(20-15-27)39-38-40(32-21-16-28(5-2)17-22-32)37(41)36(43-38)24-34-33-9-7-6-8-30(33)18-23-35(34)42-25-29-12-10-26(3)11-13-29/h6-24H,4-5,25H2,1-3H3/b36-24-,39-38?. The molecule has 6 rings (SSSR count). The van der Waals surface area contributed by atoms with Crippen molar-refractivity contribution in [2.75, 3.05) is 4.90 Å². The fraction of sp³-hybridized carbons (Fsp3) is 0.158. The molecule has 5 aromatic rings. The molecule has 0 aromatic heterocycles. The van der Waals surface area contributed by atoms with Crippen LogP contribution in [0.1, 0.15) is 41.7 Å². The minimum absolute atomic E-state index is 0.101. The van der Waals surface area contributed by atoms with E-state index in [0.717, 1.165) is 51.9 Å². The van der Waals surface area contributed by atoms with E-state index in [0.29, 0.717) is 16.7 Å². The summed E-state index contributed by atoms with van der Waals surface area (Å²) in [4.78, 5) is 21.4. The van der Waals surface area contributed by atoms with Gasteiger partial charge in [0.2, 0.25) is 0 Å². The van der Waals surface area contributed by atoms with Crippen molar-refractivity contribution in [1.82, 2.24) is 0 Å². The number of hydrogen-bond donors (Lipinski definition) is 0. The van der Waals surface area contributed by atoms with E-state index in [1.807, 2.05) is 48.5 Å². The minimum Gasteiger partial charge on any atom is -0.488 e. The van der Waals surface area contributed by atoms with Gasteiger partial charge in [0.25, 0.3) is 5.91 Å². The Morgan fingerprint density at radius 2 is 1.42 bits per heavy atom. The zero-order valence-corrected chi connectivity index (χ0v) is 25.5. The van der Waals surface area contributed by atoms with E-state index in [-0.39, 0.29) is 5.91 Å². The number of fused-ring (bicyclic) bond motifs is 1. The van der Waals surface area contributed by atoms with Gasteiger partial charge in [-0.1, -0.05) is 98.3 Å². The molecule has 0 radical (unpaired) electrons. The summed E-state index contributed by atoms with van der Waals surface area (Å²) in [7, 11) is 0. The summed E-state index contributed by atoms with van der Waals surface area (Å²) in [5.74, 6) is 0.634. The summed E-state index contributed by atoms with van der Waals surface area (Å²) >= 11 is 1.40. The highest BCUT2D eigenvalue weighted by atomic mass is 32.2. The molecule has 1 aliphatic heterocycles. The van der Waals surface area contributed by atoms with E-state index in [4.69, 9.17) is 9.73 Å². The van der Waals surface area contributed by atoms with Crippen molar-refractivity contribution < 1.29 is 9.53 Å². The van der Waals surface area contributed by atoms with Gasteiger partial charge < -0.3 is 4.74 Å². The molecule has 214 valence electrons. The van der Waals surface area contributed by atoms with Crippen LogP contribution in [0.2, 0.25) is 0 Å². The highest BCUT2D eigenvalue weighted by Crippen LogP contribution is 2.40. The summed E-state index contributed by atoms with van der Waals surface area (Å²) in [5.41, 5.74) is 7.28. The number of aryl methyl sites for hydroxylation is 3. The molecule has 0 unspecified atom stereocenters. The number of thioether (sulfide) groups is 1. The highest BCUT2D eigenvalue weighted by molar-refractivity contribution is 8.19. The van der Waals surface area contributed by atoms with Gasteiger partial charge in [-0.15, -0.1) is 0 Å². The number of carbonyl (C=O) groups is 1. The Balaban J connectivity index is 1.42. The maximum absolute atomic E-state index is 14.1. The first-order valence-corrected chi connectivity index (χ1v) is 15.5.